The molecule has 1 aromatic heterocycles. The predicted octanol–water partition coefficient (Wildman–Crippen LogP) is 6.80. The molecule has 0 saturated carbocycles. The van der Waals surface area contributed by atoms with Crippen molar-refractivity contribution >= 4 is 48.3 Å². The zero-order chi connectivity index (χ0) is 19.6. The highest BCUT2D eigenvalue weighted by molar-refractivity contribution is 9.13. The Hall–Kier alpha value is 0.524. The number of hydrogen-bond acceptors (Lipinski definition) is 3. The maximum absolute atomic E-state index is 6.52. The van der Waals surface area contributed by atoms with Gasteiger partial charge in [-0.2, -0.15) is 0 Å². The molecule has 0 saturated heterocycles. The van der Waals surface area contributed by atoms with Crippen LogP contribution in [0.1, 0.15) is 39.6 Å². The minimum atomic E-state index is -1.86. The van der Waals surface area contributed by atoms with Crippen LogP contribution in [0.4, 0.5) is 0 Å². The van der Waals surface area contributed by atoms with Crippen LogP contribution in [-0.2, 0) is 15.9 Å². The van der Waals surface area contributed by atoms with Crippen molar-refractivity contribution in [3.63, 3.8) is 0 Å². The molecule has 1 atom stereocenters. The van der Waals surface area contributed by atoms with Gasteiger partial charge in [0, 0.05) is 14.7 Å². The van der Waals surface area contributed by atoms with Crippen molar-refractivity contribution in [1.29, 1.82) is 0 Å². The van der Waals surface area contributed by atoms with Crippen molar-refractivity contribution in [2.24, 2.45) is 0 Å². The first kappa shape index (κ1) is 23.6. The lowest BCUT2D eigenvalue weighted by molar-refractivity contribution is 0.0764. The van der Waals surface area contributed by atoms with Crippen LogP contribution in [0.2, 0.25) is 43.8 Å². The molecule has 0 aliphatic rings. The molecular weight excluding hydrogens is 480 g/mol. The van der Waals surface area contributed by atoms with E-state index < -0.39 is 16.4 Å². The molecule has 1 unspecified atom stereocenters. The molecule has 1 aromatic rings. The first-order valence-electron chi connectivity index (χ1n) is 8.83. The molecular formula is C17H34Br2N2O2Si2. The fraction of sp³-hybridized carbons (Fsp3) is 0.824. The smallest absolute Gasteiger partial charge is 0.193 e. The minimum absolute atomic E-state index is 0.0796. The van der Waals surface area contributed by atoms with Gasteiger partial charge < -0.3 is 9.16 Å². The number of halogens is 2. The van der Waals surface area contributed by atoms with Crippen LogP contribution in [0.15, 0.2) is 9.21 Å². The Bertz CT molecular complexity index is 578. The molecule has 0 aromatic carbocycles. The van der Waals surface area contributed by atoms with E-state index in [0.29, 0.717) is 6.73 Å². The molecule has 4 nitrogen and oxygen atoms in total. The fourth-order valence-corrected chi connectivity index (χ4v) is 4.93. The molecule has 0 bridgehead atoms. The number of rotatable bonds is 8. The molecule has 0 radical (unpaired) electrons. The zero-order valence-electron chi connectivity index (χ0n) is 17.2. The van der Waals surface area contributed by atoms with E-state index in [1.165, 1.54) is 0 Å². The summed E-state index contributed by atoms with van der Waals surface area (Å²) in [5.74, 6) is 0.900. The maximum Gasteiger partial charge on any atom is 0.193 e. The van der Waals surface area contributed by atoms with E-state index in [4.69, 9.17) is 9.16 Å². The molecule has 8 heteroatoms. The van der Waals surface area contributed by atoms with E-state index >= 15 is 0 Å². The lowest BCUT2D eigenvalue weighted by atomic mass is 10.2. The molecule has 25 heavy (non-hydrogen) atoms. The van der Waals surface area contributed by atoms with Gasteiger partial charge in [0.05, 0.1) is 0 Å². The van der Waals surface area contributed by atoms with Gasteiger partial charge in [-0.15, -0.1) is 0 Å². The highest BCUT2D eigenvalue weighted by atomic mass is 79.9. The van der Waals surface area contributed by atoms with Gasteiger partial charge in [-0.3, -0.25) is 4.57 Å². The molecule has 0 fully saturated rings. The number of aromatic nitrogens is 2. The van der Waals surface area contributed by atoms with Crippen LogP contribution in [0.5, 0.6) is 0 Å². The van der Waals surface area contributed by atoms with E-state index in [1.807, 2.05) is 0 Å². The van der Waals surface area contributed by atoms with Crippen LogP contribution >= 0.6 is 31.9 Å². The highest BCUT2D eigenvalue weighted by Crippen LogP contribution is 2.40. The highest BCUT2D eigenvalue weighted by Gasteiger charge is 2.39. The lowest BCUT2D eigenvalue weighted by Gasteiger charge is -2.38. The average molecular weight is 514 g/mol. The Labute approximate surface area is 172 Å². The van der Waals surface area contributed by atoms with E-state index in [1.54, 1.807) is 0 Å². The van der Waals surface area contributed by atoms with Crippen molar-refractivity contribution in [1.82, 2.24) is 9.55 Å². The van der Waals surface area contributed by atoms with Crippen LogP contribution in [0, 0.1) is 0 Å². The second-order valence-electron chi connectivity index (χ2n) is 9.35. The predicted molar refractivity (Wildman–Crippen MR) is 118 cm³/mol. The van der Waals surface area contributed by atoms with E-state index in [2.05, 4.69) is 102 Å². The Morgan fingerprint density at radius 1 is 1.12 bits per heavy atom. The second kappa shape index (κ2) is 8.69. The molecule has 1 heterocycles. The largest absolute Gasteiger partial charge is 0.407 e. The van der Waals surface area contributed by atoms with Crippen LogP contribution in [-0.4, -0.2) is 32.5 Å². The number of hydrogen-bond donors (Lipinski definition) is 0. The Kier molecular flexibility index (Phi) is 8.19. The first-order chi connectivity index (χ1) is 11.2. The number of nitrogens with zero attached hydrogens (tertiary/aromatic N) is 2. The van der Waals surface area contributed by atoms with Gasteiger partial charge in [-0.1, -0.05) is 40.4 Å². The van der Waals surface area contributed by atoms with E-state index in [9.17, 15) is 0 Å². The van der Waals surface area contributed by atoms with Gasteiger partial charge in [-0.05, 0) is 63.0 Å². The summed E-state index contributed by atoms with van der Waals surface area (Å²) >= 11 is 7.14. The topological polar surface area (TPSA) is 36.3 Å². The van der Waals surface area contributed by atoms with Crippen LogP contribution < -0.4 is 0 Å². The molecule has 0 N–H and O–H groups in total. The quantitative estimate of drug-likeness (QED) is 0.283. The van der Waals surface area contributed by atoms with Crippen molar-refractivity contribution in [3.05, 3.63) is 15.0 Å². The lowest BCUT2D eigenvalue weighted by Crippen LogP contribution is -2.41. The van der Waals surface area contributed by atoms with Crippen molar-refractivity contribution in [2.45, 2.75) is 84.3 Å². The standard InChI is InChI=1S/C17H34Br2N2O2Si2/c1-13(23-25(8,9)17(2,3)4)16-20-14(18)15(19)21(16)12-22-10-11-24(5,6)7/h13H,10-12H2,1-9H3. The zero-order valence-corrected chi connectivity index (χ0v) is 22.3. The van der Waals surface area contributed by atoms with Crippen molar-refractivity contribution in [3.8, 4) is 0 Å². The van der Waals surface area contributed by atoms with Gasteiger partial charge in [-0.25, -0.2) is 4.98 Å². The average Bonchev–Trinajstić information content (AvgIpc) is 2.68. The van der Waals surface area contributed by atoms with Gasteiger partial charge in [0.2, 0.25) is 0 Å². The molecule has 0 aliphatic carbocycles. The van der Waals surface area contributed by atoms with Crippen molar-refractivity contribution in [2.75, 3.05) is 6.61 Å². The van der Waals surface area contributed by atoms with Crippen LogP contribution in [0.3, 0.4) is 0 Å². The van der Waals surface area contributed by atoms with Crippen LogP contribution in [0.25, 0.3) is 0 Å². The Morgan fingerprint density at radius 2 is 1.68 bits per heavy atom. The third-order valence-corrected chi connectivity index (χ3v) is 12.9. The van der Waals surface area contributed by atoms with E-state index in [-0.39, 0.29) is 11.1 Å². The fourth-order valence-electron chi connectivity index (χ4n) is 2.06. The summed E-state index contributed by atoms with van der Waals surface area (Å²) < 4.78 is 16.2. The third kappa shape index (κ3) is 6.88. The SMILES string of the molecule is CC(O[Si](C)(C)C(C)(C)C)c1nc(Br)c(Br)n1COCC[Si](C)(C)C. The molecule has 146 valence electrons. The van der Waals surface area contributed by atoms with Gasteiger partial charge in [0.25, 0.3) is 0 Å². The summed E-state index contributed by atoms with van der Waals surface area (Å²) in [4.78, 5) is 4.66. The van der Waals surface area contributed by atoms with Gasteiger partial charge in [0.15, 0.2) is 8.32 Å². The molecule has 0 amide bonds. The second-order valence-corrected chi connectivity index (χ2v) is 21.2. The van der Waals surface area contributed by atoms with E-state index in [0.717, 1.165) is 27.7 Å². The normalized spacial score (nSPS) is 14.8. The third-order valence-electron chi connectivity index (χ3n) is 4.75. The van der Waals surface area contributed by atoms with Crippen molar-refractivity contribution < 1.29 is 9.16 Å². The summed E-state index contributed by atoms with van der Waals surface area (Å²) in [5.41, 5.74) is 0. The number of imidazole rings is 1. The maximum atomic E-state index is 6.52. The van der Waals surface area contributed by atoms with Gasteiger partial charge >= 0.3 is 0 Å². The molecule has 0 aliphatic heterocycles. The summed E-state index contributed by atoms with van der Waals surface area (Å²) in [6, 6.07) is 1.16. The summed E-state index contributed by atoms with van der Waals surface area (Å²) in [6.45, 7) is 21.7. The summed E-state index contributed by atoms with van der Waals surface area (Å²) in [5, 5.41) is 0.168. The van der Waals surface area contributed by atoms with Gasteiger partial charge in [0.1, 0.15) is 27.9 Å². The Morgan fingerprint density at radius 3 is 2.16 bits per heavy atom. The summed E-state index contributed by atoms with van der Waals surface area (Å²) in [7, 11) is -2.95. The summed E-state index contributed by atoms with van der Waals surface area (Å²) in [6.07, 6.45) is -0.0796. The Balaban J connectivity index is 2.88. The minimum Gasteiger partial charge on any atom is -0.407 e. The molecule has 0 spiro atoms. The first-order valence-corrected chi connectivity index (χ1v) is 17.0. The molecule has 1 rings (SSSR count). The monoisotopic (exact) mass is 512 g/mol. The number of ether oxygens (including phenoxy) is 1.